The summed E-state index contributed by atoms with van der Waals surface area (Å²) in [5.41, 5.74) is 0.534. The van der Waals surface area contributed by atoms with Gasteiger partial charge >= 0.3 is 5.97 Å². The molecule has 92 valence electrons. The molecule has 1 aliphatic heterocycles. The van der Waals surface area contributed by atoms with E-state index < -0.39 is 0 Å². The molecule has 1 aliphatic rings. The minimum atomic E-state index is -0.343. The summed E-state index contributed by atoms with van der Waals surface area (Å²) < 4.78 is 10.8. The fraction of sp³-hybridized carbons (Fsp3) is 0.462. The normalized spacial score (nSPS) is 28.0. The summed E-state index contributed by atoms with van der Waals surface area (Å²) in [6, 6.07) is 8.86. The summed E-state index contributed by atoms with van der Waals surface area (Å²) in [6.07, 6.45) is -0.116. The minimum absolute atomic E-state index is 0.0380. The van der Waals surface area contributed by atoms with E-state index in [9.17, 15) is 4.79 Å². The van der Waals surface area contributed by atoms with Crippen molar-refractivity contribution in [1.82, 2.24) is 0 Å². The van der Waals surface area contributed by atoms with Crippen LogP contribution in [0.5, 0.6) is 0 Å². The largest absolute Gasteiger partial charge is 0.456 e. The maximum Gasteiger partial charge on any atom is 0.338 e. The first-order valence-electron chi connectivity index (χ1n) is 5.73. The maximum atomic E-state index is 11.8. The summed E-state index contributed by atoms with van der Waals surface area (Å²) in [5.74, 6) is -0.343. The molecule has 4 nitrogen and oxygen atoms in total. The number of esters is 1. The Bertz CT molecular complexity index is 376. The molecule has 17 heavy (non-hydrogen) atoms. The monoisotopic (exact) mass is 236 g/mol. The standard InChI is InChI=1S/C13H16O4/c1-9-12(7-11(8-14)16-9)17-13(15)10-5-3-2-4-6-10/h2-6,9,11-12,14H,7-8H2,1H3/t9-,11+,12-/m0/s1. The predicted molar refractivity (Wildman–Crippen MR) is 61.7 cm³/mol. The van der Waals surface area contributed by atoms with E-state index >= 15 is 0 Å². The maximum absolute atomic E-state index is 11.8. The molecule has 0 aliphatic carbocycles. The van der Waals surface area contributed by atoms with Gasteiger partial charge in [-0.3, -0.25) is 0 Å². The van der Waals surface area contributed by atoms with E-state index in [0.29, 0.717) is 12.0 Å². The van der Waals surface area contributed by atoms with E-state index in [0.717, 1.165) is 0 Å². The molecule has 0 amide bonds. The topological polar surface area (TPSA) is 55.8 Å². The highest BCUT2D eigenvalue weighted by Gasteiger charge is 2.34. The number of hydrogen-bond acceptors (Lipinski definition) is 4. The molecule has 2 rings (SSSR count). The Balaban J connectivity index is 1.96. The third kappa shape index (κ3) is 2.84. The molecule has 0 unspecified atom stereocenters. The predicted octanol–water partition coefficient (Wildman–Crippen LogP) is 1.38. The Morgan fingerprint density at radius 3 is 2.76 bits per heavy atom. The number of carbonyl (C=O) groups is 1. The lowest BCUT2D eigenvalue weighted by Gasteiger charge is -2.14. The lowest BCUT2D eigenvalue weighted by Crippen LogP contribution is -2.24. The van der Waals surface area contributed by atoms with Crippen LogP contribution in [0.2, 0.25) is 0 Å². The zero-order valence-corrected chi connectivity index (χ0v) is 9.70. The van der Waals surface area contributed by atoms with E-state index in [1.54, 1.807) is 24.3 Å². The van der Waals surface area contributed by atoms with Gasteiger partial charge in [-0.15, -0.1) is 0 Å². The first-order chi connectivity index (χ1) is 8.20. The smallest absolute Gasteiger partial charge is 0.338 e. The van der Waals surface area contributed by atoms with Crippen molar-refractivity contribution >= 4 is 5.97 Å². The van der Waals surface area contributed by atoms with Crippen LogP contribution in [0.3, 0.4) is 0 Å². The Labute approximate surface area is 100 Å². The van der Waals surface area contributed by atoms with Crippen molar-refractivity contribution in [3.05, 3.63) is 35.9 Å². The van der Waals surface area contributed by atoms with Crippen LogP contribution in [-0.2, 0) is 9.47 Å². The summed E-state index contributed by atoms with van der Waals surface area (Å²) in [4.78, 5) is 11.8. The minimum Gasteiger partial charge on any atom is -0.456 e. The lowest BCUT2D eigenvalue weighted by atomic mass is 10.1. The van der Waals surface area contributed by atoms with E-state index in [-0.39, 0.29) is 30.9 Å². The molecular formula is C13H16O4. The molecule has 1 fully saturated rings. The lowest BCUT2D eigenvalue weighted by molar-refractivity contribution is -0.0133. The quantitative estimate of drug-likeness (QED) is 0.806. The van der Waals surface area contributed by atoms with Gasteiger partial charge in [-0.05, 0) is 19.1 Å². The van der Waals surface area contributed by atoms with E-state index in [4.69, 9.17) is 14.6 Å². The second-order valence-corrected chi connectivity index (χ2v) is 4.19. The average Bonchev–Trinajstić information content (AvgIpc) is 2.71. The molecule has 0 spiro atoms. The van der Waals surface area contributed by atoms with Crippen molar-refractivity contribution in [2.75, 3.05) is 6.61 Å². The zero-order valence-electron chi connectivity index (χ0n) is 9.70. The van der Waals surface area contributed by atoms with Gasteiger partial charge in [-0.1, -0.05) is 18.2 Å². The summed E-state index contributed by atoms with van der Waals surface area (Å²) in [7, 11) is 0. The highest BCUT2D eigenvalue weighted by Crippen LogP contribution is 2.23. The van der Waals surface area contributed by atoms with Crippen molar-refractivity contribution < 1.29 is 19.4 Å². The number of aliphatic hydroxyl groups excluding tert-OH is 1. The Kier molecular flexibility index (Phi) is 3.76. The molecule has 1 N–H and O–H groups in total. The van der Waals surface area contributed by atoms with Gasteiger partial charge in [0.05, 0.1) is 24.4 Å². The molecule has 1 heterocycles. The second kappa shape index (κ2) is 5.29. The Hall–Kier alpha value is -1.39. The molecule has 0 aromatic heterocycles. The number of rotatable bonds is 3. The Morgan fingerprint density at radius 1 is 1.47 bits per heavy atom. The number of benzene rings is 1. The molecule has 1 aromatic carbocycles. The summed E-state index contributed by atoms with van der Waals surface area (Å²) >= 11 is 0. The molecule has 1 saturated heterocycles. The zero-order chi connectivity index (χ0) is 12.3. The first-order valence-corrected chi connectivity index (χ1v) is 5.73. The van der Waals surface area contributed by atoms with Crippen LogP contribution in [0.15, 0.2) is 30.3 Å². The van der Waals surface area contributed by atoms with Gasteiger partial charge in [-0.2, -0.15) is 0 Å². The fourth-order valence-corrected chi connectivity index (χ4v) is 1.94. The van der Waals surface area contributed by atoms with Crippen LogP contribution in [-0.4, -0.2) is 36.0 Å². The Morgan fingerprint density at radius 2 is 2.18 bits per heavy atom. The van der Waals surface area contributed by atoms with E-state index in [1.807, 2.05) is 13.0 Å². The van der Waals surface area contributed by atoms with E-state index in [1.165, 1.54) is 0 Å². The van der Waals surface area contributed by atoms with Crippen molar-refractivity contribution in [3.63, 3.8) is 0 Å². The van der Waals surface area contributed by atoms with Crippen LogP contribution in [0.1, 0.15) is 23.7 Å². The SMILES string of the molecule is C[C@@H]1O[C@@H](CO)C[C@@H]1OC(=O)c1ccccc1. The highest BCUT2D eigenvalue weighted by atomic mass is 16.6. The van der Waals surface area contributed by atoms with Crippen LogP contribution in [0.4, 0.5) is 0 Å². The number of aliphatic hydroxyl groups is 1. The van der Waals surface area contributed by atoms with Crippen LogP contribution >= 0.6 is 0 Å². The number of hydrogen-bond donors (Lipinski definition) is 1. The number of ether oxygens (including phenoxy) is 2. The van der Waals surface area contributed by atoms with Gasteiger partial charge < -0.3 is 14.6 Å². The van der Waals surface area contributed by atoms with Gasteiger partial charge in [-0.25, -0.2) is 4.79 Å². The van der Waals surface area contributed by atoms with Gasteiger partial charge in [0.2, 0.25) is 0 Å². The van der Waals surface area contributed by atoms with Crippen molar-refractivity contribution in [2.45, 2.75) is 31.7 Å². The van der Waals surface area contributed by atoms with Gasteiger partial charge in [0.25, 0.3) is 0 Å². The summed E-state index contributed by atoms with van der Waals surface area (Å²) in [5, 5.41) is 8.99. The van der Waals surface area contributed by atoms with Crippen molar-refractivity contribution in [1.29, 1.82) is 0 Å². The third-order valence-electron chi connectivity index (χ3n) is 2.90. The van der Waals surface area contributed by atoms with Crippen LogP contribution in [0, 0.1) is 0 Å². The van der Waals surface area contributed by atoms with Gasteiger partial charge in [0, 0.05) is 6.42 Å². The molecule has 1 aromatic rings. The molecular weight excluding hydrogens is 220 g/mol. The molecule has 4 heteroatoms. The van der Waals surface area contributed by atoms with Crippen molar-refractivity contribution in [3.8, 4) is 0 Å². The van der Waals surface area contributed by atoms with E-state index in [2.05, 4.69) is 0 Å². The fourth-order valence-electron chi connectivity index (χ4n) is 1.94. The van der Waals surface area contributed by atoms with Crippen LogP contribution in [0.25, 0.3) is 0 Å². The molecule has 0 saturated carbocycles. The van der Waals surface area contributed by atoms with Gasteiger partial charge in [0.1, 0.15) is 6.10 Å². The second-order valence-electron chi connectivity index (χ2n) is 4.19. The van der Waals surface area contributed by atoms with Gasteiger partial charge in [0.15, 0.2) is 0 Å². The first kappa shape index (κ1) is 12.1. The molecule has 0 radical (unpaired) electrons. The van der Waals surface area contributed by atoms with Crippen LogP contribution < -0.4 is 0 Å². The summed E-state index contributed by atoms with van der Waals surface area (Å²) in [6.45, 7) is 1.81. The average molecular weight is 236 g/mol. The molecule has 0 bridgehead atoms. The number of carbonyl (C=O) groups excluding carboxylic acids is 1. The highest BCUT2D eigenvalue weighted by molar-refractivity contribution is 5.89. The van der Waals surface area contributed by atoms with Crippen molar-refractivity contribution in [2.24, 2.45) is 0 Å². The third-order valence-corrected chi connectivity index (χ3v) is 2.90. The molecule has 3 atom stereocenters.